The van der Waals surface area contributed by atoms with Gasteiger partial charge in [-0.2, -0.15) is 4.98 Å². The molecule has 5 rings (SSSR count). The van der Waals surface area contributed by atoms with Crippen LogP contribution in [0.5, 0.6) is 0 Å². The summed E-state index contributed by atoms with van der Waals surface area (Å²) < 4.78 is 1.82. The second kappa shape index (κ2) is 11.5. The van der Waals surface area contributed by atoms with Crippen molar-refractivity contribution in [3.8, 4) is 0 Å². The predicted molar refractivity (Wildman–Crippen MR) is 153 cm³/mol. The van der Waals surface area contributed by atoms with Crippen LogP contribution in [0, 0.1) is 5.92 Å². The van der Waals surface area contributed by atoms with Gasteiger partial charge in [0.2, 0.25) is 17.0 Å². The van der Waals surface area contributed by atoms with E-state index in [2.05, 4.69) is 77.3 Å². The molecule has 1 aliphatic rings. The zero-order valence-electron chi connectivity index (χ0n) is 21.5. The number of fused-ring (bicyclic) bond motifs is 1. The first-order chi connectivity index (χ1) is 18.6. The molecule has 0 radical (unpaired) electrons. The highest BCUT2D eigenvalue weighted by Crippen LogP contribution is 2.39. The fourth-order valence-electron chi connectivity index (χ4n) is 4.68. The molecule has 0 unspecified atom stereocenters. The van der Waals surface area contributed by atoms with Gasteiger partial charge >= 0.3 is 0 Å². The first-order valence-corrected chi connectivity index (χ1v) is 13.7. The smallest absolute Gasteiger partial charge is 0.236 e. The van der Waals surface area contributed by atoms with Crippen molar-refractivity contribution in [2.24, 2.45) is 5.92 Å². The van der Waals surface area contributed by atoms with E-state index in [0.29, 0.717) is 22.5 Å². The summed E-state index contributed by atoms with van der Waals surface area (Å²) in [5.41, 5.74) is 4.49. The number of thioether (sulfide) groups is 1. The number of hydrogen-bond donors (Lipinski definition) is 2. The summed E-state index contributed by atoms with van der Waals surface area (Å²) in [6.07, 6.45) is 3.30. The minimum absolute atomic E-state index is 0.187. The molecule has 4 aromatic rings. The van der Waals surface area contributed by atoms with E-state index in [1.165, 1.54) is 5.56 Å². The quantitative estimate of drug-likeness (QED) is 0.275. The third kappa shape index (κ3) is 5.43. The molecule has 0 saturated carbocycles. The Morgan fingerprint density at radius 2 is 1.84 bits per heavy atom. The Kier molecular flexibility index (Phi) is 7.74. The van der Waals surface area contributed by atoms with Gasteiger partial charge in [-0.05, 0) is 49.2 Å². The fourth-order valence-corrected chi connectivity index (χ4v) is 5.47. The molecule has 9 heteroatoms. The average Bonchev–Trinajstić information content (AvgIpc) is 3.35. The van der Waals surface area contributed by atoms with Crippen molar-refractivity contribution in [2.75, 3.05) is 28.6 Å². The number of benzene rings is 2. The van der Waals surface area contributed by atoms with Crippen LogP contribution in [0.4, 0.5) is 17.3 Å². The molecule has 2 aromatic carbocycles. The van der Waals surface area contributed by atoms with Gasteiger partial charge in [-0.25, -0.2) is 4.68 Å². The zero-order valence-corrected chi connectivity index (χ0v) is 22.4. The predicted octanol–water partition coefficient (Wildman–Crippen LogP) is 5.60. The highest BCUT2D eigenvalue weighted by atomic mass is 32.2. The SMILES string of the molecule is C=C1Nc2nc(SCc3ccccc3)nn2[C@@H](c2ccc(N(CC)CC)cc2)[C@@H]1C(=O)Nc1cccnc1. The Bertz CT molecular complexity index is 1390. The van der Waals surface area contributed by atoms with E-state index in [-0.39, 0.29) is 5.91 Å². The number of aromatic nitrogens is 4. The zero-order chi connectivity index (χ0) is 26.5. The van der Waals surface area contributed by atoms with Crippen LogP contribution in [0.1, 0.15) is 31.0 Å². The summed E-state index contributed by atoms with van der Waals surface area (Å²) in [4.78, 5) is 24.8. The maximum Gasteiger partial charge on any atom is 0.236 e. The van der Waals surface area contributed by atoms with Crippen molar-refractivity contribution in [3.63, 3.8) is 0 Å². The first-order valence-electron chi connectivity index (χ1n) is 12.7. The Morgan fingerprint density at radius 3 is 2.53 bits per heavy atom. The summed E-state index contributed by atoms with van der Waals surface area (Å²) >= 11 is 1.56. The van der Waals surface area contributed by atoms with Crippen molar-refractivity contribution < 1.29 is 4.79 Å². The van der Waals surface area contributed by atoms with Crippen LogP contribution in [-0.2, 0) is 10.5 Å². The van der Waals surface area contributed by atoms with Gasteiger partial charge in [0.05, 0.1) is 17.9 Å². The van der Waals surface area contributed by atoms with Gasteiger partial charge in [0.1, 0.15) is 5.92 Å². The van der Waals surface area contributed by atoms with Crippen LogP contribution in [-0.4, -0.2) is 38.7 Å². The van der Waals surface area contributed by atoms with Crippen LogP contribution in [0.3, 0.4) is 0 Å². The molecule has 0 fully saturated rings. The van der Waals surface area contributed by atoms with Gasteiger partial charge in [0.25, 0.3) is 0 Å². The third-order valence-corrected chi connectivity index (χ3v) is 7.53. The minimum atomic E-state index is -0.615. The van der Waals surface area contributed by atoms with Crippen molar-refractivity contribution in [1.82, 2.24) is 19.7 Å². The van der Waals surface area contributed by atoms with Crippen LogP contribution in [0.2, 0.25) is 0 Å². The molecule has 1 amide bonds. The highest BCUT2D eigenvalue weighted by Gasteiger charge is 2.40. The lowest BCUT2D eigenvalue weighted by atomic mass is 9.88. The third-order valence-electron chi connectivity index (χ3n) is 6.62. The maximum absolute atomic E-state index is 13.6. The van der Waals surface area contributed by atoms with Gasteiger partial charge in [-0.1, -0.05) is 60.8 Å². The number of anilines is 3. The monoisotopic (exact) mass is 525 g/mol. The summed E-state index contributed by atoms with van der Waals surface area (Å²) in [6, 6.07) is 21.8. The second-order valence-corrected chi connectivity index (χ2v) is 9.95. The lowest BCUT2D eigenvalue weighted by Gasteiger charge is -2.34. The molecule has 194 valence electrons. The van der Waals surface area contributed by atoms with Gasteiger partial charge < -0.3 is 15.5 Å². The second-order valence-electron chi connectivity index (χ2n) is 9.00. The maximum atomic E-state index is 13.6. The number of rotatable bonds is 9. The van der Waals surface area contributed by atoms with Crippen molar-refractivity contribution in [1.29, 1.82) is 0 Å². The molecular formula is C29H31N7OS. The summed E-state index contributed by atoms with van der Waals surface area (Å²) in [5.74, 6) is 0.525. The van der Waals surface area contributed by atoms with E-state index < -0.39 is 12.0 Å². The van der Waals surface area contributed by atoms with Gasteiger partial charge in [-0.15, -0.1) is 5.10 Å². The lowest BCUT2D eigenvalue weighted by molar-refractivity contribution is -0.119. The van der Waals surface area contributed by atoms with Gasteiger partial charge in [0.15, 0.2) is 0 Å². The van der Waals surface area contributed by atoms with Crippen molar-refractivity contribution in [2.45, 2.75) is 30.8 Å². The van der Waals surface area contributed by atoms with E-state index in [1.54, 1.807) is 30.2 Å². The molecule has 0 aliphatic carbocycles. The number of pyridine rings is 1. The van der Waals surface area contributed by atoms with E-state index in [4.69, 9.17) is 10.1 Å². The fraction of sp³-hybridized carbons (Fsp3) is 0.241. The van der Waals surface area contributed by atoms with E-state index in [9.17, 15) is 4.79 Å². The topological polar surface area (TPSA) is 88.0 Å². The molecule has 0 spiro atoms. The van der Waals surface area contributed by atoms with E-state index in [1.807, 2.05) is 28.9 Å². The van der Waals surface area contributed by atoms with Crippen LogP contribution in [0.25, 0.3) is 0 Å². The number of carbonyl (C=O) groups is 1. The van der Waals surface area contributed by atoms with E-state index >= 15 is 0 Å². The van der Waals surface area contributed by atoms with E-state index in [0.717, 1.165) is 30.1 Å². The van der Waals surface area contributed by atoms with Crippen LogP contribution < -0.4 is 15.5 Å². The number of nitrogens with one attached hydrogen (secondary N) is 2. The molecule has 0 bridgehead atoms. The normalized spacial score (nSPS) is 16.4. The largest absolute Gasteiger partial charge is 0.372 e. The van der Waals surface area contributed by atoms with Gasteiger partial charge in [-0.3, -0.25) is 9.78 Å². The average molecular weight is 526 g/mol. The number of nitrogens with zero attached hydrogens (tertiary/aromatic N) is 5. The molecular weight excluding hydrogens is 494 g/mol. The Morgan fingerprint density at radius 1 is 1.08 bits per heavy atom. The van der Waals surface area contributed by atoms with Crippen LogP contribution in [0.15, 0.2) is 96.6 Å². The summed E-state index contributed by atoms with van der Waals surface area (Å²) in [6.45, 7) is 10.4. The summed E-state index contributed by atoms with van der Waals surface area (Å²) in [7, 11) is 0. The molecule has 1 aliphatic heterocycles. The van der Waals surface area contributed by atoms with Crippen molar-refractivity contribution in [3.05, 3.63) is 103 Å². The molecule has 8 nitrogen and oxygen atoms in total. The Labute approximate surface area is 227 Å². The molecule has 0 saturated heterocycles. The standard InChI is InChI=1S/C29H31N7OS/c1-4-35(5-2)24-15-13-22(14-16-24)26-25(27(37)32-23-12-9-17-30-18-23)20(3)31-28-33-29(34-36(26)28)38-19-21-10-7-6-8-11-21/h6-18,25-26H,3-5,19H2,1-2H3,(H,32,37)(H,31,33,34)/t25-,26+/m1/s1. The highest BCUT2D eigenvalue weighted by molar-refractivity contribution is 7.98. The molecule has 3 heterocycles. The number of amides is 1. The minimum Gasteiger partial charge on any atom is -0.372 e. The summed E-state index contributed by atoms with van der Waals surface area (Å²) in [5, 5.41) is 11.7. The molecule has 2 N–H and O–H groups in total. The van der Waals surface area contributed by atoms with Crippen molar-refractivity contribution >= 4 is 35.0 Å². The molecule has 2 atom stereocenters. The Balaban J connectivity index is 1.49. The number of hydrogen-bond acceptors (Lipinski definition) is 7. The number of carbonyl (C=O) groups excluding carboxylic acids is 1. The first kappa shape index (κ1) is 25.5. The molecule has 38 heavy (non-hydrogen) atoms. The lowest BCUT2D eigenvalue weighted by Crippen LogP contribution is -2.39. The molecule has 2 aromatic heterocycles. The Hall–Kier alpha value is -4.11. The van der Waals surface area contributed by atoms with Crippen LogP contribution >= 0.6 is 11.8 Å². The van der Waals surface area contributed by atoms with Gasteiger partial charge in [0, 0.05) is 36.4 Å².